The number of methoxy groups -OCH3 is 1. The number of hydrogen-bond donors (Lipinski definition) is 2. The van der Waals surface area contributed by atoms with Crippen molar-refractivity contribution in [2.45, 2.75) is 6.54 Å². The molecule has 2 N–H and O–H groups in total. The minimum Gasteiger partial charge on any atom is -0.496 e. The number of rotatable bonds is 4. The number of nitrogens with zero attached hydrogens (tertiary/aromatic N) is 2. The van der Waals surface area contributed by atoms with Gasteiger partial charge in [0.05, 0.1) is 7.11 Å². The van der Waals surface area contributed by atoms with Crippen LogP contribution in [0.1, 0.15) is 15.9 Å². The third-order valence-corrected chi connectivity index (χ3v) is 4.74. The summed E-state index contributed by atoms with van der Waals surface area (Å²) in [5, 5.41) is 15.4. The van der Waals surface area contributed by atoms with Crippen LogP contribution in [0.25, 0.3) is 0 Å². The van der Waals surface area contributed by atoms with E-state index in [0.717, 1.165) is 38.5 Å². The van der Waals surface area contributed by atoms with Crippen molar-refractivity contribution in [2.24, 2.45) is 0 Å². The average Bonchev–Trinajstić information content (AvgIpc) is 2.74. The third-order valence-electron chi connectivity index (χ3n) is 4.50. The van der Waals surface area contributed by atoms with Crippen molar-refractivity contribution in [1.29, 1.82) is 0 Å². The van der Waals surface area contributed by atoms with Gasteiger partial charge in [-0.3, -0.25) is 9.69 Å². The van der Waals surface area contributed by atoms with Crippen LogP contribution in [-0.4, -0.2) is 71.1 Å². The second kappa shape index (κ2) is 11.2. The van der Waals surface area contributed by atoms with Crippen molar-refractivity contribution in [3.05, 3.63) is 64.7 Å². The molecule has 1 heterocycles. The van der Waals surface area contributed by atoms with Crippen LogP contribution in [0.3, 0.4) is 0 Å². The summed E-state index contributed by atoms with van der Waals surface area (Å²) in [6, 6.07) is 15.2. The molecular weight excluding hydrogens is 412 g/mol. The van der Waals surface area contributed by atoms with E-state index in [1.807, 2.05) is 35.2 Å². The molecule has 8 nitrogen and oxygen atoms in total. The van der Waals surface area contributed by atoms with Crippen LogP contribution in [0.15, 0.2) is 48.5 Å². The number of hydrogen-bond acceptors (Lipinski definition) is 5. The minimum atomic E-state index is -1.82. The van der Waals surface area contributed by atoms with Crippen molar-refractivity contribution in [1.82, 2.24) is 9.80 Å². The van der Waals surface area contributed by atoms with Crippen LogP contribution in [0.4, 0.5) is 0 Å². The molecule has 1 aliphatic rings. The Bertz CT molecular complexity index is 885. The van der Waals surface area contributed by atoms with Crippen LogP contribution in [0.2, 0.25) is 5.02 Å². The Hall–Kier alpha value is -3.10. The Morgan fingerprint density at radius 2 is 1.60 bits per heavy atom. The van der Waals surface area contributed by atoms with Crippen molar-refractivity contribution < 1.29 is 29.3 Å². The zero-order valence-electron chi connectivity index (χ0n) is 16.5. The van der Waals surface area contributed by atoms with Crippen molar-refractivity contribution >= 4 is 29.4 Å². The number of ether oxygens (including phenoxy) is 1. The summed E-state index contributed by atoms with van der Waals surface area (Å²) >= 11 is 5.98. The predicted molar refractivity (Wildman–Crippen MR) is 111 cm³/mol. The Morgan fingerprint density at radius 1 is 0.967 bits per heavy atom. The second-order valence-electron chi connectivity index (χ2n) is 6.50. The standard InChI is InChI=1S/C19H21ClN2O2.C2H2O4/c1-24-18-8-3-2-5-16(18)14-21-9-11-22(12-10-21)19(23)15-6-4-7-17(20)13-15;3-1(4)2(5)6/h2-8,13H,9-12,14H2,1H3;(H,3,4)(H,5,6). The monoisotopic (exact) mass is 434 g/mol. The number of para-hydroxylation sites is 1. The van der Waals surface area contributed by atoms with E-state index in [-0.39, 0.29) is 5.91 Å². The number of carbonyl (C=O) groups is 3. The zero-order chi connectivity index (χ0) is 22.1. The normalized spacial score (nSPS) is 13.7. The SMILES string of the molecule is COc1ccccc1CN1CCN(C(=O)c2cccc(Cl)c2)CC1.O=C(O)C(=O)O. The summed E-state index contributed by atoms with van der Waals surface area (Å²) in [5.41, 5.74) is 1.83. The second-order valence-corrected chi connectivity index (χ2v) is 6.94. The van der Waals surface area contributed by atoms with Gasteiger partial charge in [0.1, 0.15) is 5.75 Å². The highest BCUT2D eigenvalue weighted by atomic mass is 35.5. The Kier molecular flexibility index (Phi) is 8.64. The first-order chi connectivity index (χ1) is 14.3. The number of piperazine rings is 1. The molecule has 2 aromatic rings. The quantitative estimate of drug-likeness (QED) is 0.711. The van der Waals surface area contributed by atoms with Crippen LogP contribution >= 0.6 is 11.6 Å². The van der Waals surface area contributed by atoms with Crippen molar-refractivity contribution in [3.8, 4) is 5.75 Å². The number of carboxylic acids is 2. The van der Waals surface area contributed by atoms with E-state index in [9.17, 15) is 4.79 Å². The lowest BCUT2D eigenvalue weighted by atomic mass is 10.1. The summed E-state index contributed by atoms with van der Waals surface area (Å²) in [4.78, 5) is 35.0. The lowest BCUT2D eigenvalue weighted by Gasteiger charge is -2.35. The molecule has 0 unspecified atom stereocenters. The van der Waals surface area contributed by atoms with E-state index in [1.165, 1.54) is 5.56 Å². The fraction of sp³-hybridized carbons (Fsp3) is 0.286. The fourth-order valence-corrected chi connectivity index (χ4v) is 3.18. The summed E-state index contributed by atoms with van der Waals surface area (Å²) in [6.07, 6.45) is 0. The predicted octanol–water partition coefficient (Wildman–Crippen LogP) is 2.46. The smallest absolute Gasteiger partial charge is 0.414 e. The van der Waals surface area contributed by atoms with Crippen molar-refractivity contribution in [3.63, 3.8) is 0 Å². The lowest BCUT2D eigenvalue weighted by molar-refractivity contribution is -0.159. The molecule has 9 heteroatoms. The average molecular weight is 435 g/mol. The molecule has 1 amide bonds. The summed E-state index contributed by atoms with van der Waals surface area (Å²) in [6.45, 7) is 3.99. The van der Waals surface area contributed by atoms with E-state index in [4.69, 9.17) is 36.1 Å². The van der Waals surface area contributed by atoms with Gasteiger partial charge in [-0.2, -0.15) is 0 Å². The molecule has 160 valence electrons. The molecule has 30 heavy (non-hydrogen) atoms. The molecule has 0 saturated carbocycles. The third kappa shape index (κ3) is 6.75. The molecule has 3 rings (SSSR count). The number of halogens is 1. The van der Waals surface area contributed by atoms with Crippen LogP contribution < -0.4 is 4.74 Å². The van der Waals surface area contributed by atoms with E-state index in [1.54, 1.807) is 19.2 Å². The highest BCUT2D eigenvalue weighted by molar-refractivity contribution is 6.31. The van der Waals surface area contributed by atoms with Crippen LogP contribution in [0.5, 0.6) is 5.75 Å². The highest BCUT2D eigenvalue weighted by Gasteiger charge is 2.22. The van der Waals surface area contributed by atoms with E-state index in [2.05, 4.69) is 11.0 Å². The summed E-state index contributed by atoms with van der Waals surface area (Å²) < 4.78 is 5.41. The first-order valence-corrected chi connectivity index (χ1v) is 9.55. The van der Waals surface area contributed by atoms with E-state index >= 15 is 0 Å². The van der Waals surface area contributed by atoms with Gasteiger partial charge in [0, 0.05) is 48.9 Å². The maximum Gasteiger partial charge on any atom is 0.414 e. The first-order valence-electron chi connectivity index (χ1n) is 9.17. The number of carboxylic acid groups (broad SMARTS) is 2. The van der Waals surface area contributed by atoms with Gasteiger partial charge in [-0.05, 0) is 24.3 Å². The van der Waals surface area contributed by atoms with Gasteiger partial charge in [-0.1, -0.05) is 35.9 Å². The maximum absolute atomic E-state index is 12.5. The summed E-state index contributed by atoms with van der Waals surface area (Å²) in [7, 11) is 1.69. The van der Waals surface area contributed by atoms with Gasteiger partial charge >= 0.3 is 11.9 Å². The summed E-state index contributed by atoms with van der Waals surface area (Å²) in [5.74, 6) is -2.69. The van der Waals surface area contributed by atoms with Gasteiger partial charge in [0.15, 0.2) is 0 Å². The molecule has 0 aromatic heterocycles. The van der Waals surface area contributed by atoms with Gasteiger partial charge in [0.25, 0.3) is 5.91 Å². The number of carbonyl (C=O) groups excluding carboxylic acids is 1. The molecule has 0 bridgehead atoms. The van der Waals surface area contributed by atoms with Crippen LogP contribution in [-0.2, 0) is 16.1 Å². The van der Waals surface area contributed by atoms with Gasteiger partial charge < -0.3 is 19.8 Å². The molecule has 0 atom stereocenters. The molecule has 0 radical (unpaired) electrons. The fourth-order valence-electron chi connectivity index (χ4n) is 2.99. The molecule has 2 aromatic carbocycles. The first kappa shape index (κ1) is 23.2. The lowest BCUT2D eigenvalue weighted by Crippen LogP contribution is -2.48. The van der Waals surface area contributed by atoms with Crippen molar-refractivity contribution in [2.75, 3.05) is 33.3 Å². The molecule has 1 fully saturated rings. The van der Waals surface area contributed by atoms with E-state index < -0.39 is 11.9 Å². The molecule has 0 aliphatic carbocycles. The number of benzene rings is 2. The molecule has 1 saturated heterocycles. The van der Waals surface area contributed by atoms with Gasteiger partial charge in [-0.15, -0.1) is 0 Å². The van der Waals surface area contributed by atoms with Crippen LogP contribution in [0, 0.1) is 0 Å². The molecular formula is C21H23ClN2O6. The molecule has 0 spiro atoms. The van der Waals surface area contributed by atoms with Gasteiger partial charge in [-0.25, -0.2) is 9.59 Å². The molecule has 1 aliphatic heterocycles. The number of aliphatic carboxylic acids is 2. The Labute approximate surface area is 179 Å². The Morgan fingerprint density at radius 3 is 2.17 bits per heavy atom. The Balaban J connectivity index is 0.000000469. The highest BCUT2D eigenvalue weighted by Crippen LogP contribution is 2.20. The zero-order valence-corrected chi connectivity index (χ0v) is 17.2. The minimum absolute atomic E-state index is 0.0504. The number of amides is 1. The maximum atomic E-state index is 12.5. The largest absolute Gasteiger partial charge is 0.496 e. The van der Waals surface area contributed by atoms with Gasteiger partial charge in [0.2, 0.25) is 0 Å². The topological polar surface area (TPSA) is 107 Å². The van der Waals surface area contributed by atoms with E-state index in [0.29, 0.717) is 10.6 Å².